The number of benzene rings is 1. The number of hydrogen-bond donors (Lipinski definition) is 1. The minimum absolute atomic E-state index is 0.149. The second kappa shape index (κ2) is 5.07. The molecule has 0 fully saturated rings. The quantitative estimate of drug-likeness (QED) is 0.452. The average molecular weight is 192 g/mol. The first-order valence-electron chi connectivity index (χ1n) is 4.33. The summed E-state index contributed by atoms with van der Waals surface area (Å²) in [5.41, 5.74) is 0. The van der Waals surface area contributed by atoms with E-state index in [1.165, 1.54) is 12.1 Å². The van der Waals surface area contributed by atoms with Crippen LogP contribution in [0.2, 0.25) is 0 Å². The molecule has 0 radical (unpaired) electrons. The lowest BCUT2D eigenvalue weighted by atomic mass is 10.3. The van der Waals surface area contributed by atoms with E-state index in [0.717, 1.165) is 0 Å². The van der Waals surface area contributed by atoms with Crippen LogP contribution in [0.1, 0.15) is 12.8 Å². The molecular formula is C11H12O3. The van der Waals surface area contributed by atoms with Gasteiger partial charge >= 0.3 is 5.97 Å². The van der Waals surface area contributed by atoms with Crippen LogP contribution in [0.5, 0.6) is 11.5 Å². The third-order valence-corrected chi connectivity index (χ3v) is 1.62. The second-order valence-corrected chi connectivity index (χ2v) is 2.80. The summed E-state index contributed by atoms with van der Waals surface area (Å²) in [6.07, 6.45) is 2.60. The molecule has 1 aromatic carbocycles. The first kappa shape index (κ1) is 10.3. The van der Waals surface area contributed by atoms with E-state index in [1.54, 1.807) is 18.2 Å². The number of allylic oxidation sites excluding steroid dienone is 1. The molecule has 0 saturated heterocycles. The van der Waals surface area contributed by atoms with E-state index < -0.39 is 0 Å². The van der Waals surface area contributed by atoms with Gasteiger partial charge in [0.05, 0.1) is 0 Å². The van der Waals surface area contributed by atoms with E-state index in [9.17, 15) is 4.79 Å². The predicted molar refractivity (Wildman–Crippen MR) is 53.2 cm³/mol. The number of carbonyl (C=O) groups excluding carboxylic acids is 1. The molecule has 0 bridgehead atoms. The first-order chi connectivity index (χ1) is 6.72. The van der Waals surface area contributed by atoms with Gasteiger partial charge in [-0.2, -0.15) is 0 Å². The van der Waals surface area contributed by atoms with E-state index in [-0.39, 0.29) is 11.7 Å². The monoisotopic (exact) mass is 192 g/mol. The number of aromatic hydroxyl groups is 1. The standard InChI is InChI=1S/C11H12O3/c1-2-3-4-11(13)14-10-7-5-9(12)6-8-10/h2,5-8,12H,1,3-4H2. The van der Waals surface area contributed by atoms with Gasteiger partial charge in [0.2, 0.25) is 0 Å². The summed E-state index contributed by atoms with van der Waals surface area (Å²) in [5, 5.41) is 8.98. The van der Waals surface area contributed by atoms with Crippen LogP contribution in [-0.4, -0.2) is 11.1 Å². The lowest BCUT2D eigenvalue weighted by Crippen LogP contribution is -2.06. The minimum atomic E-state index is -0.296. The molecule has 3 heteroatoms. The minimum Gasteiger partial charge on any atom is -0.508 e. The zero-order valence-electron chi connectivity index (χ0n) is 7.77. The van der Waals surface area contributed by atoms with Crippen molar-refractivity contribution in [3.05, 3.63) is 36.9 Å². The highest BCUT2D eigenvalue weighted by atomic mass is 16.5. The van der Waals surface area contributed by atoms with Crippen LogP contribution in [0.4, 0.5) is 0 Å². The van der Waals surface area contributed by atoms with Crippen molar-refractivity contribution in [2.24, 2.45) is 0 Å². The molecule has 0 aliphatic rings. The normalized spacial score (nSPS) is 9.43. The maximum atomic E-state index is 11.1. The Morgan fingerprint density at radius 1 is 1.43 bits per heavy atom. The Balaban J connectivity index is 2.47. The Bertz CT molecular complexity index is 314. The third-order valence-electron chi connectivity index (χ3n) is 1.62. The smallest absolute Gasteiger partial charge is 0.311 e. The number of phenols is 1. The molecule has 0 saturated carbocycles. The van der Waals surface area contributed by atoms with Crippen molar-refractivity contribution in [2.75, 3.05) is 0 Å². The van der Waals surface area contributed by atoms with Gasteiger partial charge in [0.15, 0.2) is 0 Å². The van der Waals surface area contributed by atoms with Crippen molar-refractivity contribution in [2.45, 2.75) is 12.8 Å². The zero-order chi connectivity index (χ0) is 10.4. The Hall–Kier alpha value is -1.77. The van der Waals surface area contributed by atoms with Gasteiger partial charge in [0.1, 0.15) is 11.5 Å². The Kier molecular flexibility index (Phi) is 3.73. The number of phenolic OH excluding ortho intramolecular Hbond substituents is 1. The molecule has 74 valence electrons. The van der Waals surface area contributed by atoms with Gasteiger partial charge < -0.3 is 9.84 Å². The summed E-state index contributed by atoms with van der Waals surface area (Å²) in [5.74, 6) is 0.295. The van der Waals surface area contributed by atoms with Crippen LogP contribution < -0.4 is 4.74 Å². The predicted octanol–water partition coefficient (Wildman–Crippen LogP) is 2.26. The van der Waals surface area contributed by atoms with E-state index >= 15 is 0 Å². The molecule has 0 spiro atoms. The summed E-state index contributed by atoms with van der Waals surface area (Å²) < 4.78 is 4.97. The molecule has 0 atom stereocenters. The Morgan fingerprint density at radius 3 is 2.64 bits per heavy atom. The summed E-state index contributed by atoms with van der Waals surface area (Å²) in [6, 6.07) is 6.02. The number of carbonyl (C=O) groups is 1. The molecule has 0 heterocycles. The van der Waals surface area contributed by atoms with E-state index in [0.29, 0.717) is 18.6 Å². The van der Waals surface area contributed by atoms with Crippen LogP contribution in [0.25, 0.3) is 0 Å². The molecule has 3 nitrogen and oxygen atoms in total. The highest BCUT2D eigenvalue weighted by Gasteiger charge is 2.02. The highest BCUT2D eigenvalue weighted by molar-refractivity contribution is 5.72. The fraction of sp³-hybridized carbons (Fsp3) is 0.182. The molecule has 1 rings (SSSR count). The topological polar surface area (TPSA) is 46.5 Å². The van der Waals surface area contributed by atoms with Crippen molar-refractivity contribution in [3.8, 4) is 11.5 Å². The van der Waals surface area contributed by atoms with Crippen molar-refractivity contribution in [1.29, 1.82) is 0 Å². The third kappa shape index (κ3) is 3.31. The number of rotatable bonds is 4. The summed E-state index contributed by atoms with van der Waals surface area (Å²) >= 11 is 0. The van der Waals surface area contributed by atoms with Crippen molar-refractivity contribution in [3.63, 3.8) is 0 Å². The molecule has 1 N–H and O–H groups in total. The molecule has 0 aliphatic carbocycles. The second-order valence-electron chi connectivity index (χ2n) is 2.80. The SMILES string of the molecule is C=CCCC(=O)Oc1ccc(O)cc1. The molecule has 0 aliphatic heterocycles. The lowest BCUT2D eigenvalue weighted by Gasteiger charge is -2.02. The van der Waals surface area contributed by atoms with Gasteiger partial charge in [0, 0.05) is 6.42 Å². The lowest BCUT2D eigenvalue weighted by molar-refractivity contribution is -0.134. The summed E-state index contributed by atoms with van der Waals surface area (Å²) in [6.45, 7) is 3.51. The molecule has 0 amide bonds. The number of ether oxygens (including phenoxy) is 1. The largest absolute Gasteiger partial charge is 0.508 e. The van der Waals surface area contributed by atoms with Crippen LogP contribution >= 0.6 is 0 Å². The van der Waals surface area contributed by atoms with E-state index in [4.69, 9.17) is 9.84 Å². The highest BCUT2D eigenvalue weighted by Crippen LogP contribution is 2.16. The van der Waals surface area contributed by atoms with Crippen molar-refractivity contribution >= 4 is 5.97 Å². The van der Waals surface area contributed by atoms with Gasteiger partial charge in [-0.05, 0) is 30.7 Å². The fourth-order valence-electron chi connectivity index (χ4n) is 0.917. The summed E-state index contributed by atoms with van der Waals surface area (Å²) in [4.78, 5) is 11.1. The number of esters is 1. The summed E-state index contributed by atoms with van der Waals surface area (Å²) in [7, 11) is 0. The average Bonchev–Trinajstić information content (AvgIpc) is 2.18. The molecule has 1 aromatic rings. The van der Waals surface area contributed by atoms with Crippen molar-refractivity contribution < 1.29 is 14.6 Å². The maximum Gasteiger partial charge on any atom is 0.311 e. The van der Waals surface area contributed by atoms with E-state index in [1.807, 2.05) is 0 Å². The van der Waals surface area contributed by atoms with Gasteiger partial charge in [-0.3, -0.25) is 4.79 Å². The molecular weight excluding hydrogens is 180 g/mol. The van der Waals surface area contributed by atoms with Gasteiger partial charge in [-0.1, -0.05) is 6.08 Å². The van der Waals surface area contributed by atoms with Crippen LogP contribution in [0.15, 0.2) is 36.9 Å². The van der Waals surface area contributed by atoms with Gasteiger partial charge in [0.25, 0.3) is 0 Å². The first-order valence-corrected chi connectivity index (χ1v) is 4.33. The number of hydrogen-bond acceptors (Lipinski definition) is 3. The Morgan fingerprint density at radius 2 is 2.07 bits per heavy atom. The van der Waals surface area contributed by atoms with Crippen LogP contribution in [0, 0.1) is 0 Å². The van der Waals surface area contributed by atoms with Crippen molar-refractivity contribution in [1.82, 2.24) is 0 Å². The van der Waals surface area contributed by atoms with E-state index in [2.05, 4.69) is 6.58 Å². The fourth-order valence-corrected chi connectivity index (χ4v) is 0.917. The van der Waals surface area contributed by atoms with Crippen LogP contribution in [0.3, 0.4) is 0 Å². The van der Waals surface area contributed by atoms with Gasteiger partial charge in [-0.15, -0.1) is 6.58 Å². The zero-order valence-corrected chi connectivity index (χ0v) is 7.77. The van der Waals surface area contributed by atoms with Gasteiger partial charge in [-0.25, -0.2) is 0 Å². The molecule has 14 heavy (non-hydrogen) atoms. The molecule has 0 unspecified atom stereocenters. The maximum absolute atomic E-state index is 11.1. The Labute approximate surface area is 82.6 Å². The van der Waals surface area contributed by atoms with Crippen LogP contribution in [-0.2, 0) is 4.79 Å². The molecule has 0 aromatic heterocycles.